The number of hydrogen-bond donors (Lipinski definition) is 1. The molecule has 0 saturated carbocycles. The minimum Gasteiger partial charge on any atom is -0.467 e. The molecule has 3 unspecified atom stereocenters. The molecule has 2 aromatic heterocycles. The fourth-order valence-corrected chi connectivity index (χ4v) is 4.59. The van der Waals surface area contributed by atoms with Crippen molar-refractivity contribution in [3.63, 3.8) is 0 Å². The highest BCUT2D eigenvalue weighted by atomic mass is 16.5. The zero-order chi connectivity index (χ0) is 23.5. The van der Waals surface area contributed by atoms with Crippen LogP contribution in [0.3, 0.4) is 0 Å². The molecular formula is C26H30N4O3. The number of nitrogens with zero attached hydrogens (tertiary/aromatic N) is 3. The van der Waals surface area contributed by atoms with Crippen LogP contribution in [0.1, 0.15) is 48.1 Å². The predicted molar refractivity (Wildman–Crippen MR) is 126 cm³/mol. The zero-order valence-corrected chi connectivity index (χ0v) is 19.5. The molecule has 33 heavy (non-hydrogen) atoms. The number of furan rings is 1. The van der Waals surface area contributed by atoms with Crippen LogP contribution in [-0.4, -0.2) is 40.6 Å². The number of rotatable bonds is 6. The van der Waals surface area contributed by atoms with E-state index in [9.17, 15) is 10.1 Å². The highest BCUT2D eigenvalue weighted by molar-refractivity contribution is 5.93. The van der Waals surface area contributed by atoms with Gasteiger partial charge in [0.05, 0.1) is 37.6 Å². The molecule has 0 spiro atoms. The van der Waals surface area contributed by atoms with Crippen molar-refractivity contribution in [3.8, 4) is 6.07 Å². The van der Waals surface area contributed by atoms with E-state index in [-0.39, 0.29) is 30.6 Å². The van der Waals surface area contributed by atoms with Crippen LogP contribution in [0, 0.1) is 25.2 Å². The minimum absolute atomic E-state index is 0.0238. The summed E-state index contributed by atoms with van der Waals surface area (Å²) in [7, 11) is 0. The van der Waals surface area contributed by atoms with E-state index in [0.29, 0.717) is 24.5 Å². The molecule has 1 aliphatic heterocycles. The highest BCUT2D eigenvalue weighted by Crippen LogP contribution is 2.31. The summed E-state index contributed by atoms with van der Waals surface area (Å²) in [6.07, 6.45) is 1.52. The molecule has 7 heteroatoms. The third-order valence-corrected chi connectivity index (χ3v) is 6.59. The van der Waals surface area contributed by atoms with Crippen molar-refractivity contribution in [3.05, 3.63) is 76.9 Å². The number of amides is 1. The molecule has 1 amide bonds. The molecule has 3 heterocycles. The molecule has 3 aromatic rings. The summed E-state index contributed by atoms with van der Waals surface area (Å²) in [5.74, 6) is 1.12. The van der Waals surface area contributed by atoms with Crippen molar-refractivity contribution in [1.29, 1.82) is 5.26 Å². The number of morpholine rings is 1. The average molecular weight is 447 g/mol. The lowest BCUT2D eigenvalue weighted by Gasteiger charge is -2.43. The van der Waals surface area contributed by atoms with E-state index < -0.39 is 0 Å². The number of carbonyl (C=O) groups excluding carboxylic acids is 1. The van der Waals surface area contributed by atoms with Crippen molar-refractivity contribution in [2.75, 3.05) is 18.5 Å². The number of carbonyl (C=O) groups is 1. The molecular weight excluding hydrogens is 416 g/mol. The second-order valence-electron chi connectivity index (χ2n) is 8.69. The van der Waals surface area contributed by atoms with Crippen LogP contribution in [-0.2, 0) is 16.1 Å². The number of hydrogen-bond acceptors (Lipinski definition) is 5. The molecule has 7 nitrogen and oxygen atoms in total. The Hall–Kier alpha value is -3.34. The largest absolute Gasteiger partial charge is 0.467 e. The smallest absolute Gasteiger partial charge is 0.239 e. The minimum atomic E-state index is -0.155. The second-order valence-corrected chi connectivity index (χ2v) is 8.69. The number of aromatic nitrogens is 1. The van der Waals surface area contributed by atoms with Crippen LogP contribution >= 0.6 is 0 Å². The summed E-state index contributed by atoms with van der Waals surface area (Å²) in [5, 5.41) is 12.8. The van der Waals surface area contributed by atoms with Gasteiger partial charge in [-0.05, 0) is 51.0 Å². The Morgan fingerprint density at radius 1 is 1.18 bits per heavy atom. The Labute approximate surface area is 194 Å². The predicted octanol–water partition coefficient (Wildman–Crippen LogP) is 4.41. The summed E-state index contributed by atoms with van der Waals surface area (Å²) in [5.41, 5.74) is 3.37. The molecule has 1 saturated heterocycles. The zero-order valence-electron chi connectivity index (χ0n) is 19.5. The Balaban J connectivity index is 1.55. The summed E-state index contributed by atoms with van der Waals surface area (Å²) in [6.45, 7) is 9.22. The normalized spacial score (nSPS) is 21.0. The molecule has 0 radical (unpaired) electrons. The maximum atomic E-state index is 13.2. The van der Waals surface area contributed by atoms with Gasteiger partial charge in [0, 0.05) is 17.8 Å². The molecule has 3 atom stereocenters. The van der Waals surface area contributed by atoms with Crippen LogP contribution < -0.4 is 5.32 Å². The first kappa shape index (κ1) is 22.8. The standard InChI is InChI=1S/C26H30N4O3/c1-17-16-33-25(21-9-6-5-7-10-21)20(4)29(17)15-24(31)28-26-23(13-27)18(2)19(3)30(26)14-22-11-8-12-32-22/h5-12,17,20,25H,14-16H2,1-4H3,(H,28,31). The van der Waals surface area contributed by atoms with Crippen molar-refractivity contribution in [2.24, 2.45) is 0 Å². The lowest BCUT2D eigenvalue weighted by molar-refractivity contribution is -0.127. The monoisotopic (exact) mass is 446 g/mol. The highest BCUT2D eigenvalue weighted by Gasteiger charge is 2.35. The van der Waals surface area contributed by atoms with Gasteiger partial charge in [-0.15, -0.1) is 0 Å². The van der Waals surface area contributed by atoms with Crippen LogP contribution in [0.4, 0.5) is 5.82 Å². The molecule has 1 aromatic carbocycles. The van der Waals surface area contributed by atoms with E-state index in [2.05, 4.69) is 42.3 Å². The number of nitrogens with one attached hydrogen (secondary N) is 1. The van der Waals surface area contributed by atoms with Gasteiger partial charge in [0.25, 0.3) is 0 Å². The molecule has 172 valence electrons. The van der Waals surface area contributed by atoms with Gasteiger partial charge in [-0.2, -0.15) is 5.26 Å². The number of ether oxygens (including phenoxy) is 1. The molecule has 4 rings (SSSR count). The van der Waals surface area contributed by atoms with Crippen molar-refractivity contribution in [1.82, 2.24) is 9.47 Å². The van der Waals surface area contributed by atoms with Gasteiger partial charge < -0.3 is 19.0 Å². The lowest BCUT2D eigenvalue weighted by atomic mass is 9.98. The van der Waals surface area contributed by atoms with Crippen LogP contribution in [0.5, 0.6) is 0 Å². The summed E-state index contributed by atoms with van der Waals surface area (Å²) < 4.78 is 13.6. The van der Waals surface area contributed by atoms with Crippen molar-refractivity contribution >= 4 is 11.7 Å². The SMILES string of the molecule is Cc1c(C#N)c(NC(=O)CN2C(C)COC(c3ccccc3)C2C)n(Cc2ccco2)c1C. The van der Waals surface area contributed by atoms with Gasteiger partial charge in [0.1, 0.15) is 17.6 Å². The Bertz CT molecular complexity index is 1140. The van der Waals surface area contributed by atoms with Gasteiger partial charge in [0.15, 0.2) is 0 Å². The van der Waals surface area contributed by atoms with Gasteiger partial charge >= 0.3 is 0 Å². The maximum Gasteiger partial charge on any atom is 0.239 e. The van der Waals surface area contributed by atoms with E-state index in [1.54, 1.807) is 6.26 Å². The summed E-state index contributed by atoms with van der Waals surface area (Å²) >= 11 is 0. The third kappa shape index (κ3) is 4.58. The quantitative estimate of drug-likeness (QED) is 0.607. The van der Waals surface area contributed by atoms with Crippen LogP contribution in [0.25, 0.3) is 0 Å². The maximum absolute atomic E-state index is 13.2. The van der Waals surface area contributed by atoms with E-state index in [1.165, 1.54) is 0 Å². The van der Waals surface area contributed by atoms with E-state index in [1.807, 2.05) is 48.7 Å². The van der Waals surface area contributed by atoms with E-state index in [0.717, 1.165) is 22.6 Å². The molecule has 0 bridgehead atoms. The van der Waals surface area contributed by atoms with Crippen molar-refractivity contribution < 1.29 is 13.9 Å². The number of anilines is 1. The molecule has 1 fully saturated rings. The molecule has 0 aliphatic carbocycles. The number of nitriles is 1. The Morgan fingerprint density at radius 2 is 1.94 bits per heavy atom. The number of benzene rings is 1. The van der Waals surface area contributed by atoms with Gasteiger partial charge in [-0.3, -0.25) is 9.69 Å². The average Bonchev–Trinajstić information content (AvgIpc) is 3.40. The van der Waals surface area contributed by atoms with Gasteiger partial charge in [-0.25, -0.2) is 0 Å². The summed E-state index contributed by atoms with van der Waals surface area (Å²) in [4.78, 5) is 15.4. The third-order valence-electron chi connectivity index (χ3n) is 6.59. The van der Waals surface area contributed by atoms with Gasteiger partial charge in [-0.1, -0.05) is 30.3 Å². The fraction of sp³-hybridized carbons (Fsp3) is 0.385. The van der Waals surface area contributed by atoms with Gasteiger partial charge in [0.2, 0.25) is 5.91 Å². The first-order valence-corrected chi connectivity index (χ1v) is 11.2. The Morgan fingerprint density at radius 3 is 2.61 bits per heavy atom. The summed E-state index contributed by atoms with van der Waals surface area (Å²) in [6, 6.07) is 16.2. The fourth-order valence-electron chi connectivity index (χ4n) is 4.59. The topological polar surface area (TPSA) is 83.4 Å². The first-order chi connectivity index (χ1) is 15.9. The van der Waals surface area contributed by atoms with E-state index in [4.69, 9.17) is 9.15 Å². The van der Waals surface area contributed by atoms with Crippen LogP contribution in [0.15, 0.2) is 53.1 Å². The van der Waals surface area contributed by atoms with Crippen LogP contribution in [0.2, 0.25) is 0 Å². The first-order valence-electron chi connectivity index (χ1n) is 11.2. The molecule has 1 N–H and O–H groups in total. The molecule has 1 aliphatic rings. The van der Waals surface area contributed by atoms with E-state index >= 15 is 0 Å². The van der Waals surface area contributed by atoms with Crippen molar-refractivity contribution in [2.45, 2.75) is 52.4 Å². The second kappa shape index (κ2) is 9.65. The Kier molecular flexibility index (Phi) is 6.68. The lowest BCUT2D eigenvalue weighted by Crippen LogP contribution is -2.53.